The van der Waals surface area contributed by atoms with Crippen molar-refractivity contribution in [3.05, 3.63) is 84.9 Å². The maximum atomic E-state index is 10.1. The van der Waals surface area contributed by atoms with Crippen LogP contribution in [-0.4, -0.2) is 21.0 Å². The van der Waals surface area contributed by atoms with Gasteiger partial charge in [-0.2, -0.15) is 0 Å². The number of carboxylic acids is 1. The van der Waals surface area contributed by atoms with E-state index in [0.29, 0.717) is 0 Å². The monoisotopic (exact) mass is 302 g/mol. The van der Waals surface area contributed by atoms with E-state index in [4.69, 9.17) is 5.11 Å². The molecule has 0 unspecified atom stereocenters. The highest BCUT2D eigenvalue weighted by molar-refractivity contribution is 5.98. The molecule has 0 fully saturated rings. The van der Waals surface area contributed by atoms with Crippen molar-refractivity contribution < 1.29 is 9.90 Å². The molecule has 0 aliphatic heterocycles. The van der Waals surface area contributed by atoms with Gasteiger partial charge in [0.15, 0.2) is 0 Å². The second kappa shape index (κ2) is 6.66. The molecular weight excluding hydrogens is 288 g/mol. The number of fused-ring (bicyclic) bond motifs is 2. The van der Waals surface area contributed by atoms with Crippen molar-refractivity contribution in [1.82, 2.24) is 9.97 Å². The Balaban J connectivity index is 0.000000151. The van der Waals surface area contributed by atoms with Gasteiger partial charge in [0, 0.05) is 12.4 Å². The molecule has 4 rings (SSSR count). The number of benzene rings is 3. The Labute approximate surface area is 133 Å². The molecule has 4 nitrogen and oxygen atoms in total. The standard InChI is InChI=1S/C14H10.C5H4N2O2/c1-2-6-12-10-14-8-4-3-7-13(14)9-11(12)5-1;8-5(9)4-6-2-1-3-7-4/h1-10H;1-3H,(H,8,9). The zero-order valence-electron chi connectivity index (χ0n) is 12.3. The molecule has 0 aliphatic carbocycles. The van der Waals surface area contributed by atoms with Gasteiger partial charge in [-0.25, -0.2) is 14.8 Å². The van der Waals surface area contributed by atoms with Gasteiger partial charge < -0.3 is 5.11 Å². The number of aromatic nitrogens is 2. The van der Waals surface area contributed by atoms with Crippen molar-refractivity contribution >= 4 is 27.5 Å². The van der Waals surface area contributed by atoms with E-state index in [2.05, 4.69) is 70.6 Å². The fourth-order valence-corrected chi connectivity index (χ4v) is 2.29. The van der Waals surface area contributed by atoms with Crippen LogP contribution in [0.2, 0.25) is 0 Å². The van der Waals surface area contributed by atoms with Crippen LogP contribution in [0, 0.1) is 0 Å². The van der Waals surface area contributed by atoms with Crippen molar-refractivity contribution in [2.24, 2.45) is 0 Å². The van der Waals surface area contributed by atoms with Crippen molar-refractivity contribution in [2.75, 3.05) is 0 Å². The highest BCUT2D eigenvalue weighted by Crippen LogP contribution is 2.21. The molecule has 1 N–H and O–H groups in total. The molecule has 0 bridgehead atoms. The zero-order valence-corrected chi connectivity index (χ0v) is 12.3. The summed E-state index contributed by atoms with van der Waals surface area (Å²) in [6.45, 7) is 0. The Kier molecular flexibility index (Phi) is 4.25. The van der Waals surface area contributed by atoms with Crippen LogP contribution in [0.5, 0.6) is 0 Å². The number of nitrogens with zero attached hydrogens (tertiary/aromatic N) is 2. The second-order valence-corrected chi connectivity index (χ2v) is 4.92. The first-order chi connectivity index (χ1) is 11.2. The average molecular weight is 302 g/mol. The van der Waals surface area contributed by atoms with E-state index >= 15 is 0 Å². The highest BCUT2D eigenvalue weighted by atomic mass is 16.4. The van der Waals surface area contributed by atoms with Gasteiger partial charge in [0.05, 0.1) is 0 Å². The summed E-state index contributed by atoms with van der Waals surface area (Å²) in [6, 6.07) is 23.0. The molecule has 0 spiro atoms. The lowest BCUT2D eigenvalue weighted by Gasteiger charge is -2.00. The first-order valence-electron chi connectivity index (χ1n) is 7.12. The molecule has 1 aromatic heterocycles. The summed E-state index contributed by atoms with van der Waals surface area (Å²) >= 11 is 0. The molecule has 112 valence electrons. The molecule has 1 heterocycles. The maximum Gasteiger partial charge on any atom is 0.373 e. The molecule has 0 radical (unpaired) electrons. The molecule has 0 amide bonds. The molecular formula is C19H14N2O2. The molecule has 0 aliphatic rings. The van der Waals surface area contributed by atoms with E-state index in [1.807, 2.05) is 0 Å². The van der Waals surface area contributed by atoms with Gasteiger partial charge >= 0.3 is 5.97 Å². The minimum Gasteiger partial charge on any atom is -0.475 e. The summed E-state index contributed by atoms with van der Waals surface area (Å²) in [7, 11) is 0. The quantitative estimate of drug-likeness (QED) is 0.536. The average Bonchev–Trinajstić information content (AvgIpc) is 2.61. The van der Waals surface area contributed by atoms with Crippen LogP contribution in [0.15, 0.2) is 79.1 Å². The first kappa shape index (κ1) is 14.7. The predicted octanol–water partition coefficient (Wildman–Crippen LogP) is 4.17. The van der Waals surface area contributed by atoms with Crippen molar-refractivity contribution in [2.45, 2.75) is 0 Å². The number of rotatable bonds is 1. The topological polar surface area (TPSA) is 63.1 Å². The minimum absolute atomic E-state index is 0.169. The molecule has 23 heavy (non-hydrogen) atoms. The summed E-state index contributed by atoms with van der Waals surface area (Å²) in [6.07, 6.45) is 2.77. The van der Waals surface area contributed by atoms with Gasteiger partial charge in [-0.3, -0.25) is 0 Å². The fraction of sp³-hybridized carbons (Fsp3) is 0. The molecule has 0 atom stereocenters. The van der Waals surface area contributed by atoms with Crippen LogP contribution >= 0.6 is 0 Å². The van der Waals surface area contributed by atoms with E-state index in [1.165, 1.54) is 33.9 Å². The number of carbonyl (C=O) groups is 1. The van der Waals surface area contributed by atoms with Gasteiger partial charge in [0.25, 0.3) is 0 Å². The van der Waals surface area contributed by atoms with Crippen LogP contribution < -0.4 is 0 Å². The Morgan fingerprint density at radius 3 is 1.39 bits per heavy atom. The lowest BCUT2D eigenvalue weighted by molar-refractivity contribution is 0.0683. The van der Waals surface area contributed by atoms with E-state index in [-0.39, 0.29) is 5.82 Å². The largest absolute Gasteiger partial charge is 0.475 e. The SMILES string of the molecule is O=C(O)c1ncccn1.c1ccc2cc3ccccc3cc2c1. The lowest BCUT2D eigenvalue weighted by Crippen LogP contribution is -2.01. The van der Waals surface area contributed by atoms with Crippen LogP contribution in [0.4, 0.5) is 0 Å². The third-order valence-corrected chi connectivity index (χ3v) is 3.37. The molecule has 3 aromatic carbocycles. The fourth-order valence-electron chi connectivity index (χ4n) is 2.29. The maximum absolute atomic E-state index is 10.1. The number of carboxylic acid groups (broad SMARTS) is 1. The van der Waals surface area contributed by atoms with Crippen LogP contribution in [-0.2, 0) is 0 Å². The number of hydrogen-bond donors (Lipinski definition) is 1. The third-order valence-electron chi connectivity index (χ3n) is 3.37. The summed E-state index contributed by atoms with van der Waals surface area (Å²) < 4.78 is 0. The van der Waals surface area contributed by atoms with Crippen LogP contribution in [0.3, 0.4) is 0 Å². The Hall–Kier alpha value is -3.27. The van der Waals surface area contributed by atoms with E-state index in [0.717, 1.165) is 0 Å². The summed E-state index contributed by atoms with van der Waals surface area (Å²) in [5.74, 6) is -1.27. The minimum atomic E-state index is -1.10. The normalized spacial score (nSPS) is 10.1. The predicted molar refractivity (Wildman–Crippen MR) is 90.4 cm³/mol. The van der Waals surface area contributed by atoms with E-state index < -0.39 is 5.97 Å². The number of hydrogen-bond acceptors (Lipinski definition) is 3. The molecule has 0 saturated heterocycles. The van der Waals surface area contributed by atoms with E-state index in [1.54, 1.807) is 6.07 Å². The molecule has 0 saturated carbocycles. The van der Waals surface area contributed by atoms with Gasteiger partial charge in [-0.05, 0) is 39.7 Å². The zero-order chi connectivity index (χ0) is 16.1. The van der Waals surface area contributed by atoms with Gasteiger partial charge in [-0.1, -0.05) is 48.5 Å². The Morgan fingerprint density at radius 1 is 0.696 bits per heavy atom. The highest BCUT2D eigenvalue weighted by Gasteiger charge is 2.01. The summed E-state index contributed by atoms with van der Waals surface area (Å²) in [5.41, 5.74) is 0. The Bertz CT molecular complexity index is 848. The Morgan fingerprint density at radius 2 is 1.09 bits per heavy atom. The molecule has 4 heteroatoms. The van der Waals surface area contributed by atoms with Crippen molar-refractivity contribution in [3.63, 3.8) is 0 Å². The summed E-state index contributed by atoms with van der Waals surface area (Å²) in [5, 5.41) is 13.5. The molecule has 4 aromatic rings. The van der Waals surface area contributed by atoms with Crippen LogP contribution in [0.1, 0.15) is 10.6 Å². The van der Waals surface area contributed by atoms with Crippen LogP contribution in [0.25, 0.3) is 21.5 Å². The van der Waals surface area contributed by atoms with Crippen molar-refractivity contribution in [1.29, 1.82) is 0 Å². The second-order valence-electron chi connectivity index (χ2n) is 4.92. The van der Waals surface area contributed by atoms with Gasteiger partial charge in [0.2, 0.25) is 5.82 Å². The summed E-state index contributed by atoms with van der Waals surface area (Å²) in [4.78, 5) is 17.0. The first-order valence-corrected chi connectivity index (χ1v) is 7.12. The third kappa shape index (κ3) is 3.49. The van der Waals surface area contributed by atoms with Gasteiger partial charge in [0.1, 0.15) is 0 Å². The smallest absolute Gasteiger partial charge is 0.373 e. The number of aromatic carboxylic acids is 1. The van der Waals surface area contributed by atoms with E-state index in [9.17, 15) is 4.79 Å². The lowest BCUT2D eigenvalue weighted by atomic mass is 10.0. The van der Waals surface area contributed by atoms with Gasteiger partial charge in [-0.15, -0.1) is 0 Å². The van der Waals surface area contributed by atoms with Crippen molar-refractivity contribution in [3.8, 4) is 0 Å².